The van der Waals surface area contributed by atoms with Crippen LogP contribution in [-0.4, -0.2) is 54.3 Å². The largest absolute Gasteiger partial charge is 0.372 e. The Morgan fingerprint density at radius 3 is 2.27 bits per heavy atom. The first-order valence-corrected chi connectivity index (χ1v) is 12.6. The number of carbonyl (C=O) groups excluding carboxylic acids is 2. The Morgan fingerprint density at radius 1 is 1.06 bits per heavy atom. The number of hydrogen-bond acceptors (Lipinski definition) is 5. The number of rotatable bonds is 6. The highest BCUT2D eigenvalue weighted by Crippen LogP contribution is 2.55. The van der Waals surface area contributed by atoms with Crippen molar-refractivity contribution in [2.45, 2.75) is 76.5 Å². The van der Waals surface area contributed by atoms with E-state index < -0.39 is 0 Å². The fraction of sp³-hybridized carbons (Fsp3) is 0.720. The quantitative estimate of drug-likeness (QED) is 0.612. The summed E-state index contributed by atoms with van der Waals surface area (Å²) in [6.45, 7) is 6.06. The molecule has 8 nitrogen and oxygen atoms in total. The van der Waals surface area contributed by atoms with Crippen LogP contribution in [0.15, 0.2) is 18.3 Å². The van der Waals surface area contributed by atoms with Gasteiger partial charge in [0.2, 0.25) is 5.91 Å². The molecule has 0 aromatic carbocycles. The van der Waals surface area contributed by atoms with E-state index in [4.69, 9.17) is 4.74 Å². The summed E-state index contributed by atoms with van der Waals surface area (Å²) in [4.78, 5) is 31.6. The normalized spacial score (nSPS) is 34.7. The molecule has 33 heavy (non-hydrogen) atoms. The van der Waals surface area contributed by atoms with Gasteiger partial charge in [0.05, 0.1) is 24.1 Å². The minimum absolute atomic E-state index is 0.00935. The third-order valence-corrected chi connectivity index (χ3v) is 7.83. The van der Waals surface area contributed by atoms with Gasteiger partial charge in [0.15, 0.2) is 0 Å². The third-order valence-electron chi connectivity index (χ3n) is 7.83. The second-order valence-corrected chi connectivity index (χ2v) is 10.9. The van der Waals surface area contributed by atoms with E-state index in [1.807, 2.05) is 12.1 Å². The van der Waals surface area contributed by atoms with Crippen LogP contribution in [0.3, 0.4) is 0 Å². The van der Waals surface area contributed by atoms with Crippen molar-refractivity contribution in [3.8, 4) is 0 Å². The number of urea groups is 1. The number of amides is 3. The second-order valence-electron chi connectivity index (χ2n) is 10.9. The zero-order valence-corrected chi connectivity index (χ0v) is 19.8. The first-order chi connectivity index (χ1) is 15.9. The molecule has 8 heteroatoms. The van der Waals surface area contributed by atoms with Gasteiger partial charge in [-0.25, -0.2) is 9.78 Å². The molecule has 1 aliphatic heterocycles. The molecule has 1 saturated heterocycles. The number of nitrogens with zero attached hydrogens (tertiary/aromatic N) is 2. The van der Waals surface area contributed by atoms with Crippen LogP contribution in [0.2, 0.25) is 0 Å². The van der Waals surface area contributed by atoms with Crippen molar-refractivity contribution >= 4 is 23.4 Å². The molecule has 2 atom stereocenters. The molecule has 1 aromatic heterocycles. The van der Waals surface area contributed by atoms with Crippen molar-refractivity contribution in [1.29, 1.82) is 0 Å². The number of ether oxygens (including phenoxy) is 1. The van der Waals surface area contributed by atoms with E-state index >= 15 is 0 Å². The Kier molecular flexibility index (Phi) is 6.20. The van der Waals surface area contributed by atoms with Crippen LogP contribution >= 0.6 is 0 Å². The number of hydrogen-bond donors (Lipinski definition) is 3. The van der Waals surface area contributed by atoms with Crippen LogP contribution in [0.5, 0.6) is 0 Å². The van der Waals surface area contributed by atoms with Crippen LogP contribution < -0.4 is 20.9 Å². The Balaban J connectivity index is 1.04. The predicted molar refractivity (Wildman–Crippen MR) is 127 cm³/mol. The molecule has 1 aromatic rings. The molecule has 3 N–H and O–H groups in total. The standard InChI is InChI=1S/C25H37N5O3/c1-16-14-30(15-17(2)33-16)22-4-3-21(13-27-22)28-23(31)5-6-26-24(32)29-25-10-18-7-19(11-25)9-20(8-18)12-25/h3-4,13,16-20H,5-12,14-15H2,1-2H3,(H,28,31)(H2,26,29,32). The lowest BCUT2D eigenvalue weighted by molar-refractivity contribution is -0.116. The van der Waals surface area contributed by atoms with E-state index in [0.717, 1.165) is 55.9 Å². The summed E-state index contributed by atoms with van der Waals surface area (Å²) in [6, 6.07) is 3.67. The molecule has 4 aliphatic carbocycles. The van der Waals surface area contributed by atoms with Gasteiger partial charge in [0.25, 0.3) is 0 Å². The molecule has 6 rings (SSSR count). The molecule has 5 fully saturated rings. The van der Waals surface area contributed by atoms with E-state index in [2.05, 4.69) is 39.7 Å². The lowest BCUT2D eigenvalue weighted by atomic mass is 9.53. The van der Waals surface area contributed by atoms with Gasteiger partial charge in [-0.1, -0.05) is 0 Å². The molecule has 5 aliphatic rings. The fourth-order valence-corrected chi connectivity index (χ4v) is 7.07. The number of anilines is 2. The van der Waals surface area contributed by atoms with Gasteiger partial charge >= 0.3 is 6.03 Å². The maximum atomic E-state index is 12.5. The highest BCUT2D eigenvalue weighted by Gasteiger charge is 2.51. The smallest absolute Gasteiger partial charge is 0.315 e. The monoisotopic (exact) mass is 455 g/mol. The van der Waals surface area contributed by atoms with Gasteiger partial charge < -0.3 is 25.6 Å². The molecule has 180 valence electrons. The summed E-state index contributed by atoms with van der Waals surface area (Å²) in [5.41, 5.74) is 0.654. The van der Waals surface area contributed by atoms with Gasteiger partial charge in [-0.15, -0.1) is 0 Å². The number of morpholine rings is 1. The maximum absolute atomic E-state index is 12.5. The zero-order valence-electron chi connectivity index (χ0n) is 19.8. The van der Waals surface area contributed by atoms with Gasteiger partial charge in [-0.3, -0.25) is 4.79 Å². The Labute approximate surface area is 196 Å². The molecule has 0 radical (unpaired) electrons. The molecular formula is C25H37N5O3. The second kappa shape index (κ2) is 9.12. The third kappa shape index (κ3) is 5.26. The summed E-state index contributed by atoms with van der Waals surface area (Å²) in [5.74, 6) is 3.12. The Morgan fingerprint density at radius 2 is 1.70 bits per heavy atom. The van der Waals surface area contributed by atoms with Crippen LogP contribution in [0.4, 0.5) is 16.3 Å². The summed E-state index contributed by atoms with van der Waals surface area (Å²) >= 11 is 0. The Bertz CT molecular complexity index is 828. The summed E-state index contributed by atoms with van der Waals surface area (Å²) < 4.78 is 5.78. The highest BCUT2D eigenvalue weighted by molar-refractivity contribution is 5.91. The fourth-order valence-electron chi connectivity index (χ4n) is 7.07. The van der Waals surface area contributed by atoms with Crippen molar-refractivity contribution in [1.82, 2.24) is 15.6 Å². The topological polar surface area (TPSA) is 95.6 Å². The average molecular weight is 456 g/mol. The molecule has 2 unspecified atom stereocenters. The maximum Gasteiger partial charge on any atom is 0.315 e. The molecule has 2 heterocycles. The highest BCUT2D eigenvalue weighted by atomic mass is 16.5. The van der Waals surface area contributed by atoms with Crippen molar-refractivity contribution in [2.24, 2.45) is 17.8 Å². The molecule has 3 amide bonds. The van der Waals surface area contributed by atoms with E-state index in [1.54, 1.807) is 6.20 Å². The van der Waals surface area contributed by atoms with Gasteiger partial charge in [0, 0.05) is 31.6 Å². The van der Waals surface area contributed by atoms with Crippen LogP contribution in [0, 0.1) is 17.8 Å². The average Bonchev–Trinajstić information content (AvgIpc) is 2.72. The predicted octanol–water partition coefficient (Wildman–Crippen LogP) is 3.29. The van der Waals surface area contributed by atoms with Crippen molar-refractivity contribution in [3.05, 3.63) is 18.3 Å². The molecular weight excluding hydrogens is 418 g/mol. The SMILES string of the molecule is CC1CN(c2ccc(NC(=O)CCNC(=O)NC34CC5CC(CC(C5)C3)C4)cn2)CC(C)O1. The summed E-state index contributed by atoms with van der Waals surface area (Å²) in [7, 11) is 0. The van der Waals surface area contributed by atoms with E-state index in [9.17, 15) is 9.59 Å². The zero-order chi connectivity index (χ0) is 23.0. The summed E-state index contributed by atoms with van der Waals surface area (Å²) in [5, 5.41) is 9.05. The van der Waals surface area contributed by atoms with E-state index in [0.29, 0.717) is 12.2 Å². The molecule has 4 saturated carbocycles. The van der Waals surface area contributed by atoms with Crippen molar-refractivity contribution in [2.75, 3.05) is 29.9 Å². The van der Waals surface area contributed by atoms with Crippen molar-refractivity contribution in [3.63, 3.8) is 0 Å². The number of carbonyl (C=O) groups is 2. The first kappa shape index (κ1) is 22.4. The summed E-state index contributed by atoms with van der Waals surface area (Å²) in [6.07, 6.45) is 9.68. The van der Waals surface area contributed by atoms with Gasteiger partial charge in [-0.2, -0.15) is 0 Å². The van der Waals surface area contributed by atoms with Crippen LogP contribution in [-0.2, 0) is 9.53 Å². The van der Waals surface area contributed by atoms with E-state index in [-0.39, 0.29) is 36.1 Å². The van der Waals surface area contributed by atoms with E-state index in [1.165, 1.54) is 19.3 Å². The van der Waals surface area contributed by atoms with Gasteiger partial charge in [-0.05, 0) is 82.3 Å². The van der Waals surface area contributed by atoms with Gasteiger partial charge in [0.1, 0.15) is 5.82 Å². The number of nitrogens with one attached hydrogen (secondary N) is 3. The number of pyridine rings is 1. The number of aromatic nitrogens is 1. The lowest BCUT2D eigenvalue weighted by Gasteiger charge is -2.56. The minimum atomic E-state index is -0.135. The van der Waals surface area contributed by atoms with Crippen LogP contribution in [0.25, 0.3) is 0 Å². The first-order valence-electron chi connectivity index (χ1n) is 12.6. The van der Waals surface area contributed by atoms with Crippen LogP contribution in [0.1, 0.15) is 58.8 Å². The lowest BCUT2D eigenvalue weighted by Crippen LogP contribution is -2.61. The van der Waals surface area contributed by atoms with Crippen molar-refractivity contribution < 1.29 is 14.3 Å². The minimum Gasteiger partial charge on any atom is -0.372 e. The molecule has 4 bridgehead atoms. The Hall–Kier alpha value is -2.35. The molecule has 0 spiro atoms.